The molecule has 0 rings (SSSR count). The highest BCUT2D eigenvalue weighted by molar-refractivity contribution is 5.73. The van der Waals surface area contributed by atoms with E-state index in [1.165, 1.54) is 9.80 Å². The number of nitrogens with zero attached hydrogens (tertiary/aromatic N) is 2. The van der Waals surface area contributed by atoms with Crippen LogP contribution in [-0.2, 0) is 0 Å². The molecule has 0 saturated heterocycles. The van der Waals surface area contributed by atoms with E-state index in [0.717, 1.165) is 0 Å². The van der Waals surface area contributed by atoms with Crippen LogP contribution in [0.5, 0.6) is 0 Å². The molecule has 0 spiro atoms. The SMILES string of the molecule is CN(C)C(=O)N(C)C.O=C(O)F.O=C(O)F.O=C(O)F.O=C(O)F. The van der Waals surface area contributed by atoms with Crippen LogP contribution in [0.15, 0.2) is 0 Å². The van der Waals surface area contributed by atoms with Crippen molar-refractivity contribution in [1.82, 2.24) is 9.80 Å². The number of hydrogen-bond donors (Lipinski definition) is 4. The van der Waals surface area contributed by atoms with Crippen LogP contribution in [0.4, 0.5) is 41.5 Å². The molecule has 0 fully saturated rings. The fraction of sp³-hybridized carbons (Fsp3) is 0.444. The molecule has 0 aliphatic carbocycles. The van der Waals surface area contributed by atoms with Gasteiger partial charge in [0.15, 0.2) is 0 Å². The number of rotatable bonds is 0. The van der Waals surface area contributed by atoms with E-state index in [1.54, 1.807) is 28.2 Å². The van der Waals surface area contributed by atoms with E-state index in [4.69, 9.17) is 39.6 Å². The lowest BCUT2D eigenvalue weighted by molar-refractivity contribution is 0.167. The normalized spacial score (nSPS) is 7.00. The van der Waals surface area contributed by atoms with Crippen LogP contribution in [0.3, 0.4) is 0 Å². The molecular weight excluding hydrogens is 356 g/mol. The summed E-state index contributed by atoms with van der Waals surface area (Å²) < 4.78 is 39.7. The lowest BCUT2D eigenvalue weighted by atomic mass is 10.7. The van der Waals surface area contributed by atoms with Crippen LogP contribution in [0.25, 0.3) is 0 Å². The van der Waals surface area contributed by atoms with Gasteiger partial charge in [0, 0.05) is 28.2 Å². The van der Waals surface area contributed by atoms with Gasteiger partial charge in [0.1, 0.15) is 0 Å². The fourth-order valence-corrected chi connectivity index (χ4v) is 0.400. The average molecular weight is 372 g/mol. The number of carbonyl (C=O) groups excluding carboxylic acids is 1. The first-order chi connectivity index (χ1) is 10.5. The molecule has 144 valence electrons. The summed E-state index contributed by atoms with van der Waals surface area (Å²) in [7, 11) is 6.90. The summed E-state index contributed by atoms with van der Waals surface area (Å²) in [5, 5.41) is 27.0. The maximum Gasteiger partial charge on any atom is 0.492 e. The average Bonchev–Trinajstić information content (AvgIpc) is 2.24. The Morgan fingerprint density at radius 1 is 0.542 bits per heavy atom. The zero-order chi connectivity index (χ0) is 21.0. The Hall–Kier alpha value is -3.13. The summed E-state index contributed by atoms with van der Waals surface area (Å²) in [6.45, 7) is 0. The molecule has 24 heavy (non-hydrogen) atoms. The molecule has 0 bridgehead atoms. The summed E-state index contributed by atoms with van der Waals surface area (Å²) in [5.74, 6) is 0. The number of urea groups is 1. The Bertz CT molecular complexity index is 317. The van der Waals surface area contributed by atoms with Gasteiger partial charge in [-0.25, -0.2) is 24.0 Å². The summed E-state index contributed by atoms with van der Waals surface area (Å²) in [5.41, 5.74) is 0. The Morgan fingerprint density at radius 3 is 0.625 bits per heavy atom. The van der Waals surface area contributed by atoms with Gasteiger partial charge in [0.25, 0.3) is 0 Å². The van der Waals surface area contributed by atoms with Gasteiger partial charge in [0.05, 0.1) is 0 Å². The molecule has 0 aromatic carbocycles. The molecule has 0 aromatic heterocycles. The van der Waals surface area contributed by atoms with Crippen molar-refractivity contribution in [2.24, 2.45) is 0 Å². The van der Waals surface area contributed by atoms with Gasteiger partial charge in [-0.05, 0) is 0 Å². The molecule has 0 aliphatic heterocycles. The van der Waals surface area contributed by atoms with E-state index in [2.05, 4.69) is 0 Å². The minimum atomic E-state index is -2.33. The molecule has 0 aliphatic rings. The van der Waals surface area contributed by atoms with E-state index in [-0.39, 0.29) is 6.03 Å². The van der Waals surface area contributed by atoms with Gasteiger partial charge < -0.3 is 30.2 Å². The Labute approximate surface area is 132 Å². The molecule has 4 N–H and O–H groups in total. The Morgan fingerprint density at radius 2 is 0.625 bits per heavy atom. The van der Waals surface area contributed by atoms with Gasteiger partial charge in [0.2, 0.25) is 0 Å². The lowest BCUT2D eigenvalue weighted by Crippen LogP contribution is -2.33. The minimum absolute atomic E-state index is 0.0185. The zero-order valence-corrected chi connectivity index (χ0v) is 12.7. The van der Waals surface area contributed by atoms with E-state index in [1.807, 2.05) is 0 Å². The predicted molar refractivity (Wildman–Crippen MR) is 69.3 cm³/mol. The second-order valence-electron chi connectivity index (χ2n) is 3.08. The van der Waals surface area contributed by atoms with Crippen molar-refractivity contribution in [3.63, 3.8) is 0 Å². The molecule has 0 radical (unpaired) electrons. The smallest absolute Gasteiger partial charge is 0.456 e. The van der Waals surface area contributed by atoms with Crippen LogP contribution in [0.1, 0.15) is 0 Å². The van der Waals surface area contributed by atoms with Crippen LogP contribution < -0.4 is 0 Å². The third-order valence-corrected chi connectivity index (χ3v) is 0.765. The van der Waals surface area contributed by atoms with Crippen molar-refractivity contribution in [3.8, 4) is 0 Å². The quantitative estimate of drug-likeness (QED) is 0.368. The maximum absolute atomic E-state index is 10.7. The monoisotopic (exact) mass is 372 g/mol. The molecule has 0 atom stereocenters. The predicted octanol–water partition coefficient (Wildman–Crippen LogP) is 2.77. The minimum Gasteiger partial charge on any atom is -0.456 e. The maximum atomic E-state index is 10.7. The fourth-order valence-electron chi connectivity index (χ4n) is 0.400. The van der Waals surface area contributed by atoms with Crippen molar-refractivity contribution in [2.75, 3.05) is 28.2 Å². The third-order valence-electron chi connectivity index (χ3n) is 0.765. The molecule has 0 saturated carbocycles. The van der Waals surface area contributed by atoms with Gasteiger partial charge in [-0.15, -0.1) is 17.6 Å². The largest absolute Gasteiger partial charge is 0.492 e. The molecule has 0 heterocycles. The Kier molecular flexibility index (Phi) is 30.2. The molecule has 0 aromatic rings. The standard InChI is InChI=1S/C5H12N2O.4CHFO2/c1-6(2)5(8)7(3)4;4*2-1(3)4/h1-4H3;4*(H,3,4). The van der Waals surface area contributed by atoms with Gasteiger partial charge >= 0.3 is 30.9 Å². The second kappa shape index (κ2) is 22.2. The van der Waals surface area contributed by atoms with E-state index < -0.39 is 24.9 Å². The summed E-state index contributed by atoms with van der Waals surface area (Å²) in [6.07, 6.45) is -9.33. The van der Waals surface area contributed by atoms with Gasteiger partial charge in [-0.2, -0.15) is 0 Å². The number of amides is 2. The third kappa shape index (κ3) is 254. The highest BCUT2D eigenvalue weighted by Gasteiger charge is 2.02. The van der Waals surface area contributed by atoms with E-state index in [9.17, 15) is 22.4 Å². The zero-order valence-electron chi connectivity index (χ0n) is 12.7. The Balaban J connectivity index is -0.0000000657. The highest BCUT2D eigenvalue weighted by Crippen LogP contribution is 1.83. The molecule has 11 nitrogen and oxygen atoms in total. The van der Waals surface area contributed by atoms with Crippen molar-refractivity contribution in [2.45, 2.75) is 0 Å². The summed E-state index contributed by atoms with van der Waals surface area (Å²) in [4.78, 5) is 47.1. The lowest BCUT2D eigenvalue weighted by Gasteiger charge is -2.16. The van der Waals surface area contributed by atoms with Crippen molar-refractivity contribution in [1.29, 1.82) is 0 Å². The van der Waals surface area contributed by atoms with E-state index >= 15 is 0 Å². The highest BCUT2D eigenvalue weighted by atomic mass is 19.2. The number of carbonyl (C=O) groups is 5. The molecule has 0 unspecified atom stereocenters. The van der Waals surface area contributed by atoms with Crippen molar-refractivity contribution in [3.05, 3.63) is 0 Å². The first-order valence-electron chi connectivity index (χ1n) is 4.91. The van der Waals surface area contributed by atoms with Crippen LogP contribution >= 0.6 is 0 Å². The molecular formula is C9H16F4N2O9. The molecule has 2 amide bonds. The summed E-state index contributed by atoms with van der Waals surface area (Å²) in [6, 6.07) is 0.0185. The van der Waals surface area contributed by atoms with Gasteiger partial charge in [-0.1, -0.05) is 0 Å². The van der Waals surface area contributed by atoms with E-state index in [0.29, 0.717) is 0 Å². The van der Waals surface area contributed by atoms with Crippen molar-refractivity contribution >= 4 is 30.9 Å². The van der Waals surface area contributed by atoms with Crippen LogP contribution in [0.2, 0.25) is 0 Å². The second-order valence-corrected chi connectivity index (χ2v) is 3.08. The van der Waals surface area contributed by atoms with Gasteiger partial charge in [-0.3, -0.25) is 0 Å². The number of hydrogen-bond acceptors (Lipinski definition) is 5. The first-order valence-corrected chi connectivity index (χ1v) is 4.91. The van der Waals surface area contributed by atoms with Crippen molar-refractivity contribution < 1.29 is 62.0 Å². The number of carboxylic acid groups (broad SMARTS) is 4. The number of halogens is 4. The first kappa shape index (κ1) is 32.7. The van der Waals surface area contributed by atoms with Crippen LogP contribution in [0, 0.1) is 0 Å². The van der Waals surface area contributed by atoms with Crippen LogP contribution in [-0.4, -0.2) is 89.3 Å². The topological polar surface area (TPSA) is 173 Å². The summed E-state index contributed by atoms with van der Waals surface area (Å²) >= 11 is 0. The molecule has 15 heteroatoms.